The maximum atomic E-state index is 12.8. The molecule has 6 nitrogen and oxygen atoms in total. The maximum absolute atomic E-state index is 12.8. The lowest BCUT2D eigenvalue weighted by molar-refractivity contribution is -0.138. The van der Waals surface area contributed by atoms with Gasteiger partial charge in [-0.3, -0.25) is 14.3 Å². The van der Waals surface area contributed by atoms with Gasteiger partial charge in [0.1, 0.15) is 6.54 Å². The number of hydrogen-bond donors (Lipinski definition) is 1. The molecule has 1 aliphatic carbocycles. The number of aliphatic carboxylic acids is 1. The highest BCUT2D eigenvalue weighted by Crippen LogP contribution is 2.41. The van der Waals surface area contributed by atoms with Crippen LogP contribution in [0.25, 0.3) is 0 Å². The lowest BCUT2D eigenvalue weighted by Crippen LogP contribution is -2.42. The molecule has 6 heteroatoms. The third-order valence-electron chi connectivity index (χ3n) is 4.28. The number of hydrogen-bond acceptors (Lipinski definition) is 3. The van der Waals surface area contributed by atoms with Crippen molar-refractivity contribution in [2.45, 2.75) is 71.4 Å². The van der Waals surface area contributed by atoms with Crippen molar-refractivity contribution in [3.8, 4) is 0 Å². The van der Waals surface area contributed by atoms with Gasteiger partial charge in [0.05, 0.1) is 5.54 Å². The Bertz CT molecular complexity index is 597. The molecule has 1 fully saturated rings. The van der Waals surface area contributed by atoms with Gasteiger partial charge in [0.2, 0.25) is 0 Å². The van der Waals surface area contributed by atoms with E-state index in [4.69, 9.17) is 5.11 Å². The first-order valence-corrected chi connectivity index (χ1v) is 8.28. The second-order valence-corrected chi connectivity index (χ2v) is 7.40. The molecular formula is C17H27N3O3. The van der Waals surface area contributed by atoms with Crippen molar-refractivity contribution >= 4 is 11.9 Å². The van der Waals surface area contributed by atoms with Crippen LogP contribution in [0.15, 0.2) is 6.07 Å². The van der Waals surface area contributed by atoms with E-state index in [1.165, 1.54) is 4.90 Å². The van der Waals surface area contributed by atoms with Gasteiger partial charge in [0.25, 0.3) is 5.91 Å². The van der Waals surface area contributed by atoms with Gasteiger partial charge in [-0.15, -0.1) is 0 Å². The summed E-state index contributed by atoms with van der Waals surface area (Å²) >= 11 is 0. The molecule has 0 radical (unpaired) electrons. The second kappa shape index (κ2) is 6.34. The van der Waals surface area contributed by atoms with Crippen LogP contribution in [-0.4, -0.2) is 44.3 Å². The minimum Gasteiger partial charge on any atom is -0.480 e. The summed E-state index contributed by atoms with van der Waals surface area (Å²) in [5, 5.41) is 13.6. The number of rotatable bonds is 6. The van der Waals surface area contributed by atoms with Crippen molar-refractivity contribution in [1.82, 2.24) is 14.7 Å². The normalized spacial score (nSPS) is 16.2. The van der Waals surface area contributed by atoms with Gasteiger partial charge < -0.3 is 10.0 Å². The molecule has 0 aromatic carbocycles. The molecule has 0 saturated heterocycles. The summed E-state index contributed by atoms with van der Waals surface area (Å²) in [6.45, 7) is 9.69. The standard InChI is InChI=1S/C17H27N3O3/c1-6-11(2)19(10-15(21)22)16(23)13-9-14(12-7-8-12)20(18-13)17(3,4)5/h9,11-12H,6-8,10H2,1-5H3,(H,21,22). The van der Waals surface area contributed by atoms with Crippen LogP contribution in [0.2, 0.25) is 0 Å². The highest BCUT2D eigenvalue weighted by Gasteiger charge is 2.34. The maximum Gasteiger partial charge on any atom is 0.323 e. The van der Waals surface area contributed by atoms with Gasteiger partial charge >= 0.3 is 5.97 Å². The van der Waals surface area contributed by atoms with E-state index in [0.717, 1.165) is 18.5 Å². The zero-order valence-electron chi connectivity index (χ0n) is 14.7. The molecular weight excluding hydrogens is 294 g/mol. The molecule has 1 amide bonds. The fourth-order valence-corrected chi connectivity index (χ4v) is 2.65. The Kier molecular flexibility index (Phi) is 4.82. The molecule has 1 heterocycles. The summed E-state index contributed by atoms with van der Waals surface area (Å²) in [6.07, 6.45) is 2.95. The van der Waals surface area contributed by atoms with Gasteiger partial charge in [-0.25, -0.2) is 0 Å². The average molecular weight is 321 g/mol. The van der Waals surface area contributed by atoms with Crippen molar-refractivity contribution in [2.75, 3.05) is 6.54 Å². The van der Waals surface area contributed by atoms with Crippen LogP contribution in [0.4, 0.5) is 0 Å². The van der Waals surface area contributed by atoms with Crippen LogP contribution >= 0.6 is 0 Å². The van der Waals surface area contributed by atoms with E-state index in [-0.39, 0.29) is 24.0 Å². The van der Waals surface area contributed by atoms with Gasteiger partial charge in [0, 0.05) is 17.7 Å². The first kappa shape index (κ1) is 17.5. The predicted molar refractivity (Wildman–Crippen MR) is 87.6 cm³/mol. The topological polar surface area (TPSA) is 75.4 Å². The smallest absolute Gasteiger partial charge is 0.323 e. The molecule has 0 bridgehead atoms. The summed E-state index contributed by atoms with van der Waals surface area (Å²) in [7, 11) is 0. The van der Waals surface area contributed by atoms with Crippen LogP contribution in [0.1, 0.15) is 76.0 Å². The Balaban J connectivity index is 2.35. The van der Waals surface area contributed by atoms with E-state index in [2.05, 4.69) is 25.9 Å². The number of carboxylic acids is 1. The van der Waals surface area contributed by atoms with Crippen LogP contribution in [0.3, 0.4) is 0 Å². The van der Waals surface area contributed by atoms with E-state index in [9.17, 15) is 9.59 Å². The third kappa shape index (κ3) is 3.92. The number of nitrogens with zero attached hydrogens (tertiary/aromatic N) is 3. The van der Waals surface area contributed by atoms with E-state index in [1.54, 1.807) is 0 Å². The van der Waals surface area contributed by atoms with Crippen LogP contribution in [0.5, 0.6) is 0 Å². The first-order chi connectivity index (χ1) is 10.6. The van der Waals surface area contributed by atoms with Crippen molar-refractivity contribution in [1.29, 1.82) is 0 Å². The quantitative estimate of drug-likeness (QED) is 0.874. The molecule has 1 unspecified atom stereocenters. The van der Waals surface area contributed by atoms with Crippen LogP contribution in [0, 0.1) is 0 Å². The van der Waals surface area contributed by atoms with E-state index in [1.807, 2.05) is 24.6 Å². The van der Waals surface area contributed by atoms with Gasteiger partial charge in [-0.1, -0.05) is 6.92 Å². The summed E-state index contributed by atoms with van der Waals surface area (Å²) < 4.78 is 1.92. The average Bonchev–Trinajstić information content (AvgIpc) is 3.20. The van der Waals surface area contributed by atoms with Gasteiger partial charge in [-0.05, 0) is 53.0 Å². The van der Waals surface area contributed by atoms with Gasteiger partial charge in [0.15, 0.2) is 5.69 Å². The fourth-order valence-electron chi connectivity index (χ4n) is 2.65. The zero-order valence-corrected chi connectivity index (χ0v) is 14.7. The third-order valence-corrected chi connectivity index (χ3v) is 4.28. The van der Waals surface area contributed by atoms with E-state index < -0.39 is 5.97 Å². The Labute approximate surface area is 137 Å². The summed E-state index contributed by atoms with van der Waals surface area (Å²) in [6, 6.07) is 1.71. The van der Waals surface area contributed by atoms with Crippen LogP contribution < -0.4 is 0 Å². The Morgan fingerprint density at radius 2 is 2.04 bits per heavy atom. The zero-order chi connectivity index (χ0) is 17.4. The molecule has 1 aromatic heterocycles. The highest BCUT2D eigenvalue weighted by atomic mass is 16.4. The molecule has 2 rings (SSSR count). The van der Waals surface area contributed by atoms with E-state index in [0.29, 0.717) is 18.0 Å². The lowest BCUT2D eigenvalue weighted by atomic mass is 10.1. The Hall–Kier alpha value is -1.85. The summed E-state index contributed by atoms with van der Waals surface area (Å²) in [5.41, 5.74) is 1.23. The number of carbonyl (C=O) groups excluding carboxylic acids is 1. The number of carbonyl (C=O) groups is 2. The Morgan fingerprint density at radius 3 is 2.48 bits per heavy atom. The number of amides is 1. The summed E-state index contributed by atoms with van der Waals surface area (Å²) in [5.74, 6) is -0.831. The minimum absolute atomic E-state index is 0.136. The molecule has 23 heavy (non-hydrogen) atoms. The molecule has 0 aliphatic heterocycles. The second-order valence-electron chi connectivity index (χ2n) is 7.40. The molecule has 1 aliphatic rings. The summed E-state index contributed by atoms with van der Waals surface area (Å²) in [4.78, 5) is 25.3. The highest BCUT2D eigenvalue weighted by molar-refractivity contribution is 5.94. The SMILES string of the molecule is CCC(C)N(CC(=O)O)C(=O)c1cc(C2CC2)n(C(C)(C)C)n1. The predicted octanol–water partition coefficient (Wildman–Crippen LogP) is 2.84. The largest absolute Gasteiger partial charge is 0.480 e. The Morgan fingerprint density at radius 1 is 1.43 bits per heavy atom. The van der Waals surface area contributed by atoms with Crippen molar-refractivity contribution in [2.24, 2.45) is 0 Å². The monoisotopic (exact) mass is 321 g/mol. The first-order valence-electron chi connectivity index (χ1n) is 8.28. The molecule has 1 aromatic rings. The van der Waals surface area contributed by atoms with Crippen molar-refractivity contribution in [3.05, 3.63) is 17.5 Å². The molecule has 1 saturated carbocycles. The van der Waals surface area contributed by atoms with Gasteiger partial charge in [-0.2, -0.15) is 5.10 Å². The molecule has 128 valence electrons. The van der Waals surface area contributed by atoms with E-state index >= 15 is 0 Å². The van der Waals surface area contributed by atoms with Crippen molar-refractivity contribution < 1.29 is 14.7 Å². The minimum atomic E-state index is -1.00. The fraction of sp³-hybridized carbons (Fsp3) is 0.706. The van der Waals surface area contributed by atoms with Crippen LogP contribution in [-0.2, 0) is 10.3 Å². The molecule has 1 N–H and O–H groups in total. The molecule has 1 atom stereocenters. The lowest BCUT2D eigenvalue weighted by Gasteiger charge is -2.26. The van der Waals surface area contributed by atoms with Crippen molar-refractivity contribution in [3.63, 3.8) is 0 Å². The number of carboxylic acid groups (broad SMARTS) is 1. The number of aromatic nitrogens is 2. The molecule has 0 spiro atoms.